The number of halogens is 2. The number of rotatable bonds is 1. The van der Waals surface area contributed by atoms with Crippen LogP contribution in [-0.2, 0) is 6.42 Å². The summed E-state index contributed by atoms with van der Waals surface area (Å²) in [7, 11) is 0. The third kappa shape index (κ3) is 1.60. The van der Waals surface area contributed by atoms with E-state index < -0.39 is 6.43 Å². The number of nitrogens with one attached hydrogen (secondary N) is 1. The van der Waals surface area contributed by atoms with E-state index in [1.54, 1.807) is 12.1 Å². The highest BCUT2D eigenvalue weighted by Gasteiger charge is 2.43. The van der Waals surface area contributed by atoms with Crippen LogP contribution in [0.3, 0.4) is 0 Å². The molecule has 2 atom stereocenters. The van der Waals surface area contributed by atoms with Gasteiger partial charge in [0.25, 0.3) is 6.43 Å². The lowest BCUT2D eigenvalue weighted by Crippen LogP contribution is -2.30. The molecule has 1 aliphatic carbocycles. The predicted octanol–water partition coefficient (Wildman–Crippen LogP) is 3.26. The summed E-state index contributed by atoms with van der Waals surface area (Å²) in [5.74, 6) is 0.407. The van der Waals surface area contributed by atoms with Gasteiger partial charge in [-0.2, -0.15) is 0 Å². The lowest BCUT2D eigenvalue weighted by atomic mass is 9.66. The first-order valence-electron chi connectivity index (χ1n) is 6.22. The Balaban J connectivity index is 2.10. The van der Waals surface area contributed by atoms with E-state index in [4.69, 9.17) is 0 Å². The van der Waals surface area contributed by atoms with Gasteiger partial charge in [-0.25, -0.2) is 8.78 Å². The molecule has 2 aliphatic rings. The summed E-state index contributed by atoms with van der Waals surface area (Å²) in [6.45, 7) is 4.21. The van der Waals surface area contributed by atoms with Gasteiger partial charge in [0, 0.05) is 24.6 Å². The maximum absolute atomic E-state index is 13.0. The molecule has 1 nitrogen and oxygen atoms in total. The Labute approximate surface area is 100 Å². The van der Waals surface area contributed by atoms with Crippen molar-refractivity contribution in [2.24, 2.45) is 5.41 Å². The lowest BCUT2D eigenvalue weighted by Gasteiger charge is -2.37. The van der Waals surface area contributed by atoms with Gasteiger partial charge in [-0.3, -0.25) is 0 Å². The summed E-state index contributed by atoms with van der Waals surface area (Å²) < 4.78 is 26.0. The smallest absolute Gasteiger partial charge is 0.264 e. The Morgan fingerprint density at radius 2 is 2.24 bits per heavy atom. The highest BCUT2D eigenvalue weighted by Crippen LogP contribution is 2.48. The van der Waals surface area contributed by atoms with Gasteiger partial charge < -0.3 is 5.32 Å². The summed E-state index contributed by atoms with van der Waals surface area (Å²) in [6, 6.07) is 5.40. The van der Waals surface area contributed by atoms with E-state index in [1.165, 1.54) is 0 Å². The van der Waals surface area contributed by atoms with Crippen LogP contribution in [-0.4, -0.2) is 13.1 Å². The van der Waals surface area contributed by atoms with Gasteiger partial charge in [-0.1, -0.05) is 25.1 Å². The van der Waals surface area contributed by atoms with Crippen molar-refractivity contribution < 1.29 is 8.78 Å². The van der Waals surface area contributed by atoms with Crippen LogP contribution in [0.15, 0.2) is 18.2 Å². The first-order valence-corrected chi connectivity index (χ1v) is 6.22. The molecular weight excluding hydrogens is 220 g/mol. The Hall–Kier alpha value is -0.960. The molecule has 1 heterocycles. The van der Waals surface area contributed by atoms with Gasteiger partial charge in [0.2, 0.25) is 0 Å². The first-order chi connectivity index (χ1) is 8.12. The highest BCUT2D eigenvalue weighted by molar-refractivity contribution is 5.42. The molecule has 0 saturated carbocycles. The minimum absolute atomic E-state index is 0.247. The molecule has 3 heteroatoms. The normalized spacial score (nSPS) is 31.4. The van der Waals surface area contributed by atoms with Crippen LogP contribution < -0.4 is 5.32 Å². The monoisotopic (exact) mass is 237 g/mol. The summed E-state index contributed by atoms with van der Waals surface area (Å²) in [5, 5.41) is 3.41. The molecule has 1 aromatic rings. The van der Waals surface area contributed by atoms with Crippen molar-refractivity contribution in [3.05, 3.63) is 34.9 Å². The number of hydrogen-bond donors (Lipinski definition) is 1. The van der Waals surface area contributed by atoms with Gasteiger partial charge in [0.1, 0.15) is 0 Å². The van der Waals surface area contributed by atoms with Crippen LogP contribution in [0, 0.1) is 5.41 Å². The van der Waals surface area contributed by atoms with E-state index in [1.807, 2.05) is 6.07 Å². The second-order valence-electron chi connectivity index (χ2n) is 5.55. The molecule has 0 aromatic heterocycles. The van der Waals surface area contributed by atoms with Crippen LogP contribution in [0.1, 0.15) is 42.4 Å². The molecular formula is C14H17F2N. The molecule has 0 bridgehead atoms. The molecule has 1 fully saturated rings. The fourth-order valence-corrected chi connectivity index (χ4v) is 3.47. The summed E-state index contributed by atoms with van der Waals surface area (Å²) in [6.07, 6.45) is -0.532. The first kappa shape index (κ1) is 11.1. The number of benzene rings is 1. The fourth-order valence-electron chi connectivity index (χ4n) is 3.47. The van der Waals surface area contributed by atoms with Crippen molar-refractivity contribution in [3.63, 3.8) is 0 Å². The van der Waals surface area contributed by atoms with Gasteiger partial charge in [0.15, 0.2) is 0 Å². The molecule has 1 saturated heterocycles. The SMILES string of the molecule is C[C@@]12CCc3c(C(F)F)cccc3[C@H]1CNC2. The fraction of sp³-hybridized carbons (Fsp3) is 0.571. The number of fused-ring (bicyclic) bond motifs is 3. The second-order valence-corrected chi connectivity index (χ2v) is 5.55. The molecule has 1 N–H and O–H groups in total. The Morgan fingerprint density at radius 1 is 1.41 bits per heavy atom. The Bertz CT molecular complexity index is 444. The van der Waals surface area contributed by atoms with Crippen molar-refractivity contribution in [1.29, 1.82) is 0 Å². The minimum atomic E-state index is -2.34. The van der Waals surface area contributed by atoms with Gasteiger partial charge >= 0.3 is 0 Å². The summed E-state index contributed by atoms with van der Waals surface area (Å²) >= 11 is 0. The molecule has 1 aliphatic heterocycles. The molecule has 3 rings (SSSR count). The zero-order chi connectivity index (χ0) is 12.0. The van der Waals surface area contributed by atoms with Crippen LogP contribution in [0.5, 0.6) is 0 Å². The van der Waals surface area contributed by atoms with Crippen molar-refractivity contribution in [1.82, 2.24) is 5.32 Å². The average molecular weight is 237 g/mol. The van der Waals surface area contributed by atoms with Crippen LogP contribution in [0.2, 0.25) is 0 Å². The molecule has 0 radical (unpaired) electrons. The van der Waals surface area contributed by atoms with Crippen molar-refractivity contribution in [2.75, 3.05) is 13.1 Å². The lowest BCUT2D eigenvalue weighted by molar-refractivity contribution is 0.148. The van der Waals surface area contributed by atoms with Gasteiger partial charge in [-0.05, 0) is 29.4 Å². The van der Waals surface area contributed by atoms with E-state index in [-0.39, 0.29) is 11.0 Å². The third-order valence-electron chi connectivity index (χ3n) is 4.52. The topological polar surface area (TPSA) is 12.0 Å². The van der Waals surface area contributed by atoms with Crippen molar-refractivity contribution in [3.8, 4) is 0 Å². The predicted molar refractivity (Wildman–Crippen MR) is 63.4 cm³/mol. The summed E-state index contributed by atoms with van der Waals surface area (Å²) in [5.41, 5.74) is 2.57. The minimum Gasteiger partial charge on any atom is -0.316 e. The van der Waals surface area contributed by atoms with E-state index >= 15 is 0 Å². The second kappa shape index (κ2) is 3.77. The molecule has 0 amide bonds. The summed E-state index contributed by atoms with van der Waals surface area (Å²) in [4.78, 5) is 0. The molecule has 0 unspecified atom stereocenters. The molecule has 1 aromatic carbocycles. The third-order valence-corrected chi connectivity index (χ3v) is 4.52. The Kier molecular flexibility index (Phi) is 2.47. The zero-order valence-electron chi connectivity index (χ0n) is 9.97. The maximum atomic E-state index is 13.0. The zero-order valence-corrected chi connectivity index (χ0v) is 9.97. The Morgan fingerprint density at radius 3 is 3.00 bits per heavy atom. The maximum Gasteiger partial charge on any atom is 0.264 e. The average Bonchev–Trinajstić information content (AvgIpc) is 2.70. The standard InChI is InChI=1S/C14H17F2N/c1-14-6-5-9-10(12(14)7-17-8-14)3-2-4-11(9)13(15)16/h2-4,12-13,17H,5-8H2,1H3/t12-,14+/m1/s1. The van der Waals surface area contributed by atoms with Gasteiger partial charge in [-0.15, -0.1) is 0 Å². The van der Waals surface area contributed by atoms with E-state index in [9.17, 15) is 8.78 Å². The molecule has 0 spiro atoms. The van der Waals surface area contributed by atoms with E-state index in [2.05, 4.69) is 12.2 Å². The van der Waals surface area contributed by atoms with E-state index in [0.717, 1.165) is 37.1 Å². The molecule has 92 valence electrons. The van der Waals surface area contributed by atoms with Crippen molar-refractivity contribution >= 4 is 0 Å². The van der Waals surface area contributed by atoms with E-state index in [0.29, 0.717) is 5.92 Å². The largest absolute Gasteiger partial charge is 0.316 e. The number of hydrogen-bond acceptors (Lipinski definition) is 1. The van der Waals surface area contributed by atoms with Crippen molar-refractivity contribution in [2.45, 2.75) is 32.1 Å². The van der Waals surface area contributed by atoms with Gasteiger partial charge in [0.05, 0.1) is 0 Å². The van der Waals surface area contributed by atoms with Crippen LogP contribution >= 0.6 is 0 Å². The number of alkyl halides is 2. The van der Waals surface area contributed by atoms with Crippen LogP contribution in [0.25, 0.3) is 0 Å². The van der Waals surface area contributed by atoms with Crippen LogP contribution in [0.4, 0.5) is 8.78 Å². The molecule has 17 heavy (non-hydrogen) atoms. The highest BCUT2D eigenvalue weighted by atomic mass is 19.3. The quantitative estimate of drug-likeness (QED) is 0.790.